The van der Waals surface area contributed by atoms with Crippen LogP contribution in [-0.2, 0) is 0 Å². The van der Waals surface area contributed by atoms with E-state index < -0.39 is 0 Å². The molecule has 0 atom stereocenters. The second-order valence-electron chi connectivity index (χ2n) is 5.12. The molecule has 1 aliphatic rings. The van der Waals surface area contributed by atoms with Crippen molar-refractivity contribution in [2.24, 2.45) is 0 Å². The third-order valence-electron chi connectivity index (χ3n) is 3.44. The Labute approximate surface area is 125 Å². The van der Waals surface area contributed by atoms with Crippen molar-refractivity contribution < 1.29 is 14.6 Å². The molecule has 0 bridgehead atoms. The Morgan fingerprint density at radius 1 is 1.38 bits per heavy atom. The summed E-state index contributed by atoms with van der Waals surface area (Å²) in [5, 5.41) is 12.1. The van der Waals surface area contributed by atoms with Crippen molar-refractivity contribution in [1.82, 2.24) is 15.1 Å². The van der Waals surface area contributed by atoms with E-state index in [1.165, 1.54) is 0 Å². The lowest BCUT2D eigenvalue weighted by molar-refractivity contribution is 0.0724. The van der Waals surface area contributed by atoms with Gasteiger partial charge >= 0.3 is 0 Å². The number of aliphatic hydroxyl groups excluding tert-OH is 1. The van der Waals surface area contributed by atoms with Crippen LogP contribution >= 0.6 is 0 Å². The van der Waals surface area contributed by atoms with E-state index in [9.17, 15) is 4.79 Å². The first-order valence-electron chi connectivity index (χ1n) is 7.23. The number of nitrogens with zero attached hydrogens (tertiary/aromatic N) is 2. The number of carbonyl (C=O) groups is 1. The van der Waals surface area contributed by atoms with Gasteiger partial charge in [-0.05, 0) is 19.2 Å². The van der Waals surface area contributed by atoms with Gasteiger partial charge in [0.25, 0.3) is 5.91 Å². The van der Waals surface area contributed by atoms with Crippen LogP contribution in [0.5, 0.6) is 5.75 Å². The Hall–Kier alpha value is -1.63. The number of ether oxygens (including phenoxy) is 1. The first-order chi connectivity index (χ1) is 10.2. The minimum absolute atomic E-state index is 0.0110. The standard InChI is InChI=1S/C15H23N3O3/c1-17(10-11-19)12-21-14-5-3-2-4-13(14)15(20)18-8-6-16-7-9-18/h2-5,16,19H,6-12H2,1H3. The molecule has 2 rings (SSSR count). The predicted molar refractivity (Wildman–Crippen MR) is 80.4 cm³/mol. The highest BCUT2D eigenvalue weighted by atomic mass is 16.5. The highest BCUT2D eigenvalue weighted by Crippen LogP contribution is 2.20. The van der Waals surface area contributed by atoms with E-state index in [2.05, 4.69) is 5.32 Å². The number of hydrogen-bond donors (Lipinski definition) is 2. The summed E-state index contributed by atoms with van der Waals surface area (Å²) in [6, 6.07) is 7.31. The molecule has 1 heterocycles. The molecule has 116 valence electrons. The third kappa shape index (κ3) is 4.42. The Morgan fingerprint density at radius 2 is 2.10 bits per heavy atom. The van der Waals surface area contributed by atoms with Crippen molar-refractivity contribution in [2.75, 3.05) is 53.1 Å². The summed E-state index contributed by atoms with van der Waals surface area (Å²) in [4.78, 5) is 16.3. The highest BCUT2D eigenvalue weighted by molar-refractivity contribution is 5.97. The Morgan fingerprint density at radius 3 is 2.81 bits per heavy atom. The summed E-state index contributed by atoms with van der Waals surface area (Å²) in [5.74, 6) is 0.600. The van der Waals surface area contributed by atoms with Gasteiger partial charge in [0.2, 0.25) is 0 Å². The topological polar surface area (TPSA) is 65.0 Å². The predicted octanol–water partition coefficient (Wildman–Crippen LogP) is -0.00760. The molecule has 0 aromatic heterocycles. The number of para-hydroxylation sites is 1. The number of aliphatic hydroxyl groups is 1. The van der Waals surface area contributed by atoms with Gasteiger partial charge in [0.1, 0.15) is 12.5 Å². The van der Waals surface area contributed by atoms with E-state index in [0.29, 0.717) is 24.6 Å². The Balaban J connectivity index is 2.03. The molecule has 21 heavy (non-hydrogen) atoms. The maximum absolute atomic E-state index is 12.6. The average Bonchev–Trinajstić information content (AvgIpc) is 2.54. The fraction of sp³-hybridized carbons (Fsp3) is 0.533. The zero-order chi connectivity index (χ0) is 15.1. The summed E-state index contributed by atoms with van der Waals surface area (Å²) in [6.07, 6.45) is 0. The summed E-state index contributed by atoms with van der Waals surface area (Å²) >= 11 is 0. The second-order valence-corrected chi connectivity index (χ2v) is 5.12. The van der Waals surface area contributed by atoms with Crippen LogP contribution in [0.15, 0.2) is 24.3 Å². The Bertz CT molecular complexity index is 461. The van der Waals surface area contributed by atoms with E-state index >= 15 is 0 Å². The largest absolute Gasteiger partial charge is 0.477 e. The molecule has 1 aromatic rings. The van der Waals surface area contributed by atoms with Gasteiger partial charge in [-0.2, -0.15) is 0 Å². The summed E-state index contributed by atoms with van der Waals surface area (Å²) in [6.45, 7) is 4.05. The Kier molecular flexibility index (Phi) is 5.98. The molecule has 6 heteroatoms. The van der Waals surface area contributed by atoms with Crippen molar-refractivity contribution >= 4 is 5.91 Å². The summed E-state index contributed by atoms with van der Waals surface area (Å²) < 4.78 is 5.72. The maximum atomic E-state index is 12.6. The first kappa shape index (κ1) is 15.8. The number of hydrogen-bond acceptors (Lipinski definition) is 5. The quantitative estimate of drug-likeness (QED) is 0.723. The van der Waals surface area contributed by atoms with Gasteiger partial charge in [-0.3, -0.25) is 9.69 Å². The summed E-state index contributed by atoms with van der Waals surface area (Å²) in [7, 11) is 1.86. The smallest absolute Gasteiger partial charge is 0.257 e. The van der Waals surface area contributed by atoms with Crippen LogP contribution in [-0.4, -0.2) is 73.9 Å². The molecule has 0 aliphatic carbocycles. The molecule has 1 saturated heterocycles. The molecule has 0 spiro atoms. The van der Waals surface area contributed by atoms with Crippen molar-refractivity contribution in [3.63, 3.8) is 0 Å². The van der Waals surface area contributed by atoms with Gasteiger partial charge in [0.05, 0.1) is 12.2 Å². The lowest BCUT2D eigenvalue weighted by atomic mass is 10.1. The number of amides is 1. The third-order valence-corrected chi connectivity index (χ3v) is 3.44. The van der Waals surface area contributed by atoms with Gasteiger partial charge in [-0.1, -0.05) is 12.1 Å². The van der Waals surface area contributed by atoms with Crippen LogP contribution in [0.3, 0.4) is 0 Å². The normalized spacial score (nSPS) is 15.3. The van der Waals surface area contributed by atoms with Gasteiger partial charge < -0.3 is 20.1 Å². The summed E-state index contributed by atoms with van der Waals surface area (Å²) in [5.41, 5.74) is 0.594. The van der Waals surface area contributed by atoms with E-state index in [1.54, 1.807) is 6.07 Å². The van der Waals surface area contributed by atoms with Crippen LogP contribution in [0.1, 0.15) is 10.4 Å². The molecule has 6 nitrogen and oxygen atoms in total. The van der Waals surface area contributed by atoms with Crippen LogP contribution < -0.4 is 10.1 Å². The van der Waals surface area contributed by atoms with Gasteiger partial charge in [0, 0.05) is 32.7 Å². The minimum Gasteiger partial charge on any atom is -0.477 e. The van der Waals surface area contributed by atoms with E-state index in [0.717, 1.165) is 26.2 Å². The van der Waals surface area contributed by atoms with Crippen molar-refractivity contribution in [1.29, 1.82) is 0 Å². The molecule has 0 unspecified atom stereocenters. The zero-order valence-corrected chi connectivity index (χ0v) is 12.4. The van der Waals surface area contributed by atoms with Crippen LogP contribution in [0.4, 0.5) is 0 Å². The molecule has 1 aromatic carbocycles. The SMILES string of the molecule is CN(CCO)COc1ccccc1C(=O)N1CCNCC1. The number of rotatable bonds is 6. The van der Waals surface area contributed by atoms with Gasteiger partial charge in [-0.25, -0.2) is 0 Å². The fourth-order valence-corrected chi connectivity index (χ4v) is 2.22. The number of likely N-dealkylation sites (N-methyl/N-ethyl adjacent to an activating group) is 1. The lowest BCUT2D eigenvalue weighted by Crippen LogP contribution is -2.46. The number of benzene rings is 1. The number of nitrogens with one attached hydrogen (secondary N) is 1. The second kappa shape index (κ2) is 7.97. The van der Waals surface area contributed by atoms with Crippen LogP contribution in [0, 0.1) is 0 Å². The van der Waals surface area contributed by atoms with Crippen molar-refractivity contribution in [3.05, 3.63) is 29.8 Å². The molecule has 2 N–H and O–H groups in total. The van der Waals surface area contributed by atoms with E-state index in [-0.39, 0.29) is 12.5 Å². The van der Waals surface area contributed by atoms with Crippen molar-refractivity contribution in [3.8, 4) is 5.75 Å². The molecular formula is C15H23N3O3. The van der Waals surface area contributed by atoms with Gasteiger partial charge in [-0.15, -0.1) is 0 Å². The van der Waals surface area contributed by atoms with Crippen LogP contribution in [0.2, 0.25) is 0 Å². The molecule has 1 aliphatic heterocycles. The fourth-order valence-electron chi connectivity index (χ4n) is 2.22. The molecule has 0 saturated carbocycles. The number of carbonyl (C=O) groups excluding carboxylic acids is 1. The number of piperazine rings is 1. The molecule has 1 amide bonds. The van der Waals surface area contributed by atoms with E-state index in [1.807, 2.05) is 35.0 Å². The monoisotopic (exact) mass is 293 g/mol. The van der Waals surface area contributed by atoms with Crippen molar-refractivity contribution in [2.45, 2.75) is 0 Å². The average molecular weight is 293 g/mol. The zero-order valence-electron chi connectivity index (χ0n) is 12.4. The lowest BCUT2D eigenvalue weighted by Gasteiger charge is -2.28. The van der Waals surface area contributed by atoms with E-state index in [4.69, 9.17) is 9.84 Å². The molecule has 0 radical (unpaired) electrons. The molecule has 1 fully saturated rings. The minimum atomic E-state index is 0.0110. The maximum Gasteiger partial charge on any atom is 0.257 e. The van der Waals surface area contributed by atoms with Gasteiger partial charge in [0.15, 0.2) is 0 Å². The highest BCUT2D eigenvalue weighted by Gasteiger charge is 2.21. The first-order valence-corrected chi connectivity index (χ1v) is 7.23. The van der Waals surface area contributed by atoms with Crippen LogP contribution in [0.25, 0.3) is 0 Å². The molecular weight excluding hydrogens is 270 g/mol.